The summed E-state index contributed by atoms with van der Waals surface area (Å²) in [6.45, 7) is 4.75. The number of hydrogen-bond acceptors (Lipinski definition) is 5. The minimum Gasteiger partial charge on any atom is -0.383 e. The average Bonchev–Trinajstić information content (AvgIpc) is 2.53. The van der Waals surface area contributed by atoms with Gasteiger partial charge in [0.15, 0.2) is 5.16 Å². The van der Waals surface area contributed by atoms with Gasteiger partial charge in [-0.2, -0.15) is 0 Å². The van der Waals surface area contributed by atoms with Gasteiger partial charge in [0.05, 0.1) is 29.3 Å². The quantitative estimate of drug-likeness (QED) is 0.617. The molecule has 0 aliphatic rings. The summed E-state index contributed by atoms with van der Waals surface area (Å²) in [5.41, 5.74) is 0.523. The topological polar surface area (TPSA) is 73.2 Å². The summed E-state index contributed by atoms with van der Waals surface area (Å²) in [5, 5.41) is 3.84. The largest absolute Gasteiger partial charge is 0.383 e. The zero-order valence-electron chi connectivity index (χ0n) is 13.5. The summed E-state index contributed by atoms with van der Waals surface area (Å²) in [6, 6.07) is 7.06. The molecule has 1 amide bonds. The number of rotatable bonds is 7. The first kappa shape index (κ1) is 17.5. The molecule has 2 aromatic rings. The van der Waals surface area contributed by atoms with Gasteiger partial charge >= 0.3 is 0 Å². The number of ether oxygens (including phenoxy) is 1. The lowest BCUT2D eigenvalue weighted by Gasteiger charge is -2.18. The number of amides is 1. The molecule has 1 unspecified atom stereocenters. The van der Waals surface area contributed by atoms with Crippen molar-refractivity contribution in [3.05, 3.63) is 34.6 Å². The smallest absolute Gasteiger partial charge is 0.262 e. The zero-order chi connectivity index (χ0) is 16.8. The molecule has 0 radical (unpaired) electrons. The van der Waals surface area contributed by atoms with Crippen LogP contribution in [0.25, 0.3) is 10.9 Å². The Morgan fingerprint density at radius 1 is 1.43 bits per heavy atom. The van der Waals surface area contributed by atoms with Crippen molar-refractivity contribution in [1.82, 2.24) is 14.9 Å². The number of para-hydroxylation sites is 1. The van der Waals surface area contributed by atoms with E-state index in [0.29, 0.717) is 29.2 Å². The Kier molecular flexibility index (Phi) is 6.18. The molecule has 6 nitrogen and oxygen atoms in total. The van der Waals surface area contributed by atoms with E-state index in [1.807, 2.05) is 26.0 Å². The van der Waals surface area contributed by atoms with Gasteiger partial charge in [0.2, 0.25) is 5.91 Å². The van der Waals surface area contributed by atoms with Crippen LogP contribution in [-0.2, 0) is 9.53 Å². The predicted molar refractivity (Wildman–Crippen MR) is 92.0 cm³/mol. The highest BCUT2D eigenvalue weighted by molar-refractivity contribution is 7.99. The second-order valence-electron chi connectivity index (χ2n) is 5.13. The summed E-state index contributed by atoms with van der Waals surface area (Å²) < 4.78 is 6.78. The SMILES string of the molecule is CCNC(=O)CSc1nc2ccccc2c(=O)n1C(C)COC. The molecule has 124 valence electrons. The highest BCUT2D eigenvalue weighted by atomic mass is 32.2. The maximum atomic E-state index is 12.8. The Morgan fingerprint density at radius 3 is 2.87 bits per heavy atom. The Bertz CT molecular complexity index is 745. The molecule has 0 saturated heterocycles. The van der Waals surface area contributed by atoms with Crippen LogP contribution in [0.5, 0.6) is 0 Å². The molecule has 1 N–H and O–H groups in total. The first-order chi connectivity index (χ1) is 11.1. The van der Waals surface area contributed by atoms with Crippen LogP contribution < -0.4 is 10.9 Å². The van der Waals surface area contributed by atoms with Crippen LogP contribution in [0.15, 0.2) is 34.2 Å². The van der Waals surface area contributed by atoms with Gasteiger partial charge < -0.3 is 10.1 Å². The summed E-state index contributed by atoms with van der Waals surface area (Å²) in [6.07, 6.45) is 0. The van der Waals surface area contributed by atoms with E-state index in [9.17, 15) is 9.59 Å². The van der Waals surface area contributed by atoms with E-state index >= 15 is 0 Å². The van der Waals surface area contributed by atoms with E-state index in [2.05, 4.69) is 10.3 Å². The van der Waals surface area contributed by atoms with Crippen molar-refractivity contribution in [2.75, 3.05) is 26.0 Å². The number of fused-ring (bicyclic) bond motifs is 1. The second-order valence-corrected chi connectivity index (χ2v) is 6.08. The summed E-state index contributed by atoms with van der Waals surface area (Å²) in [7, 11) is 1.59. The maximum absolute atomic E-state index is 12.8. The standard InChI is InChI=1S/C16H21N3O3S/c1-4-17-14(20)10-23-16-18-13-8-6-5-7-12(13)15(21)19(16)11(2)9-22-3/h5-8,11H,4,9-10H2,1-3H3,(H,17,20). The highest BCUT2D eigenvalue weighted by Crippen LogP contribution is 2.21. The lowest BCUT2D eigenvalue weighted by molar-refractivity contribution is -0.118. The van der Waals surface area contributed by atoms with Crippen LogP contribution in [-0.4, -0.2) is 41.5 Å². The monoisotopic (exact) mass is 335 g/mol. The molecule has 0 spiro atoms. The molecule has 1 aromatic carbocycles. The van der Waals surface area contributed by atoms with E-state index in [4.69, 9.17) is 4.74 Å². The maximum Gasteiger partial charge on any atom is 0.262 e. The minimum atomic E-state index is -0.165. The fourth-order valence-electron chi connectivity index (χ4n) is 2.31. The molecule has 23 heavy (non-hydrogen) atoms. The molecule has 0 bridgehead atoms. The minimum absolute atomic E-state index is 0.0779. The molecule has 0 fully saturated rings. The fourth-order valence-corrected chi connectivity index (χ4v) is 3.24. The third-order valence-electron chi connectivity index (χ3n) is 3.33. The molecular formula is C16H21N3O3S. The molecule has 1 atom stereocenters. The zero-order valence-corrected chi connectivity index (χ0v) is 14.4. The van der Waals surface area contributed by atoms with Gasteiger partial charge in [0.25, 0.3) is 5.56 Å². The highest BCUT2D eigenvalue weighted by Gasteiger charge is 2.17. The number of nitrogens with one attached hydrogen (secondary N) is 1. The number of thioether (sulfide) groups is 1. The fraction of sp³-hybridized carbons (Fsp3) is 0.438. The van der Waals surface area contributed by atoms with Crippen molar-refractivity contribution >= 4 is 28.6 Å². The predicted octanol–water partition coefficient (Wildman–Crippen LogP) is 1.83. The second kappa shape index (κ2) is 8.12. The van der Waals surface area contributed by atoms with Gasteiger partial charge in [-0.25, -0.2) is 4.98 Å². The van der Waals surface area contributed by atoms with Crippen LogP contribution in [0.2, 0.25) is 0 Å². The molecular weight excluding hydrogens is 314 g/mol. The molecule has 1 aromatic heterocycles. The lowest BCUT2D eigenvalue weighted by atomic mass is 10.2. The van der Waals surface area contributed by atoms with Crippen LogP contribution in [0.3, 0.4) is 0 Å². The summed E-state index contributed by atoms with van der Waals surface area (Å²) in [4.78, 5) is 29.1. The number of methoxy groups -OCH3 is 1. The molecule has 0 aliphatic heterocycles. The molecule has 2 rings (SSSR count). The van der Waals surface area contributed by atoms with Gasteiger partial charge in [0, 0.05) is 13.7 Å². The normalized spacial score (nSPS) is 12.3. The van der Waals surface area contributed by atoms with Gasteiger partial charge in [-0.3, -0.25) is 14.2 Å². The van der Waals surface area contributed by atoms with Crippen LogP contribution in [0.1, 0.15) is 19.9 Å². The Hall–Kier alpha value is -1.86. The first-order valence-electron chi connectivity index (χ1n) is 7.48. The van der Waals surface area contributed by atoms with Crippen molar-refractivity contribution in [2.24, 2.45) is 0 Å². The summed E-state index contributed by atoms with van der Waals surface area (Å²) >= 11 is 1.26. The number of aromatic nitrogens is 2. The Balaban J connectivity index is 2.45. The number of carbonyl (C=O) groups excluding carboxylic acids is 1. The van der Waals surface area contributed by atoms with Gasteiger partial charge in [-0.15, -0.1) is 0 Å². The van der Waals surface area contributed by atoms with Crippen LogP contribution >= 0.6 is 11.8 Å². The molecule has 1 heterocycles. The Morgan fingerprint density at radius 2 is 2.17 bits per heavy atom. The third-order valence-corrected chi connectivity index (χ3v) is 4.28. The van der Waals surface area contributed by atoms with Crippen molar-refractivity contribution in [1.29, 1.82) is 0 Å². The van der Waals surface area contributed by atoms with Crippen molar-refractivity contribution in [3.8, 4) is 0 Å². The van der Waals surface area contributed by atoms with Gasteiger partial charge in [-0.1, -0.05) is 23.9 Å². The number of carbonyl (C=O) groups is 1. The van der Waals surface area contributed by atoms with Crippen LogP contribution in [0.4, 0.5) is 0 Å². The van der Waals surface area contributed by atoms with E-state index in [0.717, 1.165) is 0 Å². The number of benzene rings is 1. The lowest BCUT2D eigenvalue weighted by Crippen LogP contribution is -2.29. The number of nitrogens with zero attached hydrogens (tertiary/aromatic N) is 2. The van der Waals surface area contributed by atoms with Crippen LogP contribution in [0, 0.1) is 0 Å². The van der Waals surface area contributed by atoms with E-state index < -0.39 is 0 Å². The van der Waals surface area contributed by atoms with Crippen molar-refractivity contribution < 1.29 is 9.53 Å². The summed E-state index contributed by atoms with van der Waals surface area (Å²) in [5.74, 6) is 0.143. The Labute approximate surface area is 139 Å². The van der Waals surface area contributed by atoms with Gasteiger partial charge in [-0.05, 0) is 26.0 Å². The van der Waals surface area contributed by atoms with Crippen molar-refractivity contribution in [2.45, 2.75) is 25.0 Å². The van der Waals surface area contributed by atoms with Crippen molar-refractivity contribution in [3.63, 3.8) is 0 Å². The van der Waals surface area contributed by atoms with Gasteiger partial charge in [0.1, 0.15) is 0 Å². The third kappa shape index (κ3) is 4.11. The van der Waals surface area contributed by atoms with E-state index in [1.54, 1.807) is 23.8 Å². The average molecular weight is 335 g/mol. The first-order valence-corrected chi connectivity index (χ1v) is 8.46. The molecule has 7 heteroatoms. The number of hydrogen-bond donors (Lipinski definition) is 1. The molecule has 0 saturated carbocycles. The van der Waals surface area contributed by atoms with E-state index in [1.165, 1.54) is 11.8 Å². The van der Waals surface area contributed by atoms with E-state index in [-0.39, 0.29) is 23.3 Å². The molecule has 0 aliphatic carbocycles.